The Morgan fingerprint density at radius 2 is 2.03 bits per heavy atom. The van der Waals surface area contributed by atoms with Gasteiger partial charge in [-0.25, -0.2) is 0 Å². The van der Waals surface area contributed by atoms with Crippen LogP contribution in [0.1, 0.15) is 16.1 Å². The van der Waals surface area contributed by atoms with Gasteiger partial charge in [0.1, 0.15) is 23.9 Å². The Bertz CT molecular complexity index is 1070. The van der Waals surface area contributed by atoms with Gasteiger partial charge in [0.05, 0.1) is 23.3 Å². The predicted molar refractivity (Wildman–Crippen MR) is 119 cm³/mol. The Morgan fingerprint density at radius 1 is 1.24 bits per heavy atom. The zero-order valence-corrected chi connectivity index (χ0v) is 18.3. The fourth-order valence-electron chi connectivity index (χ4n) is 2.58. The first kappa shape index (κ1) is 21.3. The monoisotopic (exact) mass is 494 g/mol. The van der Waals surface area contributed by atoms with E-state index in [4.69, 9.17) is 38.1 Å². The van der Waals surface area contributed by atoms with Crippen LogP contribution in [0.4, 0.5) is 5.69 Å². The Morgan fingerprint density at radius 3 is 2.72 bits per heavy atom. The molecule has 0 spiro atoms. The van der Waals surface area contributed by atoms with Crippen molar-refractivity contribution < 1.29 is 19.1 Å². The maximum absolute atomic E-state index is 12.4. The normalized spacial score (nSPS) is 10.5. The molecule has 0 fully saturated rings. The van der Waals surface area contributed by atoms with Crippen molar-refractivity contribution in [1.29, 1.82) is 0 Å². The first-order chi connectivity index (χ1) is 13.9. The molecule has 0 aliphatic heterocycles. The summed E-state index contributed by atoms with van der Waals surface area (Å²) in [6, 6.07) is 13.7. The molecule has 3 rings (SSSR count). The summed E-state index contributed by atoms with van der Waals surface area (Å²) >= 11 is 14.6. The Hall–Kier alpha value is -2.39. The first-order valence-corrected chi connectivity index (χ1v) is 9.94. The van der Waals surface area contributed by atoms with E-state index in [1.807, 2.05) is 0 Å². The quantitative estimate of drug-likeness (QED) is 0.433. The summed E-state index contributed by atoms with van der Waals surface area (Å²) in [6.45, 7) is -0.183. The number of benzene rings is 2. The minimum atomic E-state index is -0.426. The van der Waals surface area contributed by atoms with Crippen LogP contribution in [0.3, 0.4) is 0 Å². The van der Waals surface area contributed by atoms with Crippen molar-refractivity contribution in [3.63, 3.8) is 0 Å². The zero-order chi connectivity index (χ0) is 21.0. The van der Waals surface area contributed by atoms with E-state index < -0.39 is 5.91 Å². The molecule has 3 aromatic rings. The highest BCUT2D eigenvalue weighted by atomic mass is 79.9. The number of aliphatic hydroxyl groups is 1. The third kappa shape index (κ3) is 5.16. The van der Waals surface area contributed by atoms with E-state index >= 15 is 0 Å². The summed E-state index contributed by atoms with van der Waals surface area (Å²) < 4.78 is 11.7. The second kappa shape index (κ2) is 9.41. The number of anilines is 1. The SMILES string of the molecule is COc1cc(NC(=S)NC(=O)c2cc(Br)ccc2Cl)ccc1-c1ccc(CO)o1. The molecule has 2 aromatic carbocycles. The van der Waals surface area contributed by atoms with Crippen LogP contribution in [0.15, 0.2) is 57.4 Å². The van der Waals surface area contributed by atoms with Gasteiger partial charge in [0.15, 0.2) is 5.11 Å². The van der Waals surface area contributed by atoms with Crippen LogP contribution in [-0.4, -0.2) is 23.2 Å². The number of rotatable bonds is 5. The molecule has 6 nitrogen and oxygen atoms in total. The van der Waals surface area contributed by atoms with Crippen LogP contribution in [0.25, 0.3) is 11.3 Å². The van der Waals surface area contributed by atoms with Crippen LogP contribution in [0.5, 0.6) is 5.75 Å². The van der Waals surface area contributed by atoms with Crippen LogP contribution in [0.2, 0.25) is 5.02 Å². The molecule has 0 radical (unpaired) electrons. The molecule has 0 aliphatic carbocycles. The number of nitrogens with one attached hydrogen (secondary N) is 2. The maximum Gasteiger partial charge on any atom is 0.258 e. The highest BCUT2D eigenvalue weighted by molar-refractivity contribution is 9.10. The minimum Gasteiger partial charge on any atom is -0.496 e. The fourth-order valence-corrected chi connectivity index (χ4v) is 3.36. The molecule has 29 heavy (non-hydrogen) atoms. The summed E-state index contributed by atoms with van der Waals surface area (Å²) in [7, 11) is 1.54. The van der Waals surface area contributed by atoms with Gasteiger partial charge in [-0.15, -0.1) is 0 Å². The lowest BCUT2D eigenvalue weighted by atomic mass is 10.1. The number of thiocarbonyl (C=S) groups is 1. The molecule has 1 aromatic heterocycles. The third-order valence-corrected chi connectivity index (χ3v) is 4.97. The van der Waals surface area contributed by atoms with Crippen molar-refractivity contribution in [3.05, 3.63) is 69.3 Å². The lowest BCUT2D eigenvalue weighted by molar-refractivity contribution is 0.0978. The highest BCUT2D eigenvalue weighted by Crippen LogP contribution is 2.33. The average Bonchev–Trinajstić information content (AvgIpc) is 3.18. The van der Waals surface area contributed by atoms with E-state index in [9.17, 15) is 4.79 Å². The first-order valence-electron chi connectivity index (χ1n) is 8.36. The minimum absolute atomic E-state index is 0.112. The van der Waals surface area contributed by atoms with Crippen molar-refractivity contribution in [2.45, 2.75) is 6.61 Å². The Kier molecular flexibility index (Phi) is 6.92. The average molecular weight is 496 g/mol. The highest BCUT2D eigenvalue weighted by Gasteiger charge is 2.14. The van der Waals surface area contributed by atoms with E-state index in [0.717, 1.165) is 4.47 Å². The fraction of sp³-hybridized carbons (Fsp3) is 0.100. The molecule has 0 unspecified atom stereocenters. The molecule has 0 saturated carbocycles. The van der Waals surface area contributed by atoms with Crippen molar-refractivity contribution in [2.75, 3.05) is 12.4 Å². The van der Waals surface area contributed by atoms with Crippen LogP contribution >= 0.6 is 39.7 Å². The number of hydrogen-bond acceptors (Lipinski definition) is 5. The zero-order valence-electron chi connectivity index (χ0n) is 15.2. The number of ether oxygens (including phenoxy) is 1. The number of aliphatic hydroxyl groups excluding tert-OH is 1. The number of halogens is 2. The molecule has 0 aliphatic rings. The molecule has 1 heterocycles. The second-order valence-corrected chi connectivity index (χ2v) is 7.60. The van der Waals surface area contributed by atoms with E-state index in [2.05, 4.69) is 26.6 Å². The maximum atomic E-state index is 12.4. The van der Waals surface area contributed by atoms with Crippen molar-refractivity contribution in [2.24, 2.45) is 0 Å². The molecule has 0 bridgehead atoms. The van der Waals surface area contributed by atoms with E-state index in [0.29, 0.717) is 39.1 Å². The van der Waals surface area contributed by atoms with Crippen molar-refractivity contribution in [1.82, 2.24) is 5.32 Å². The van der Waals surface area contributed by atoms with Crippen LogP contribution < -0.4 is 15.4 Å². The van der Waals surface area contributed by atoms with Crippen molar-refractivity contribution in [3.8, 4) is 17.1 Å². The number of furan rings is 1. The van der Waals surface area contributed by atoms with Gasteiger partial charge in [-0.3, -0.25) is 10.1 Å². The van der Waals surface area contributed by atoms with Crippen LogP contribution in [-0.2, 0) is 6.61 Å². The molecule has 3 N–H and O–H groups in total. The predicted octanol–water partition coefficient (Wildman–Crippen LogP) is 4.99. The summed E-state index contributed by atoms with van der Waals surface area (Å²) in [6.07, 6.45) is 0. The number of methoxy groups -OCH3 is 1. The van der Waals surface area contributed by atoms with E-state index in [-0.39, 0.29) is 11.7 Å². The number of carbonyl (C=O) groups excluding carboxylic acids is 1. The molecule has 0 saturated heterocycles. The molecule has 150 valence electrons. The van der Waals surface area contributed by atoms with E-state index in [1.165, 1.54) is 7.11 Å². The molecule has 1 amide bonds. The van der Waals surface area contributed by atoms with Gasteiger partial charge in [-0.05, 0) is 54.7 Å². The molecular weight excluding hydrogens is 480 g/mol. The lowest BCUT2D eigenvalue weighted by Gasteiger charge is -2.13. The standard InChI is InChI=1S/C20H16BrClN2O4S/c1-27-18-9-12(3-5-14(18)17-7-4-13(10-25)28-17)23-20(29)24-19(26)15-8-11(21)2-6-16(15)22/h2-9,25H,10H2,1H3,(H2,23,24,26,29). The lowest BCUT2D eigenvalue weighted by Crippen LogP contribution is -2.34. The summed E-state index contributed by atoms with van der Waals surface area (Å²) in [5, 5.41) is 15.1. The Labute approximate surface area is 185 Å². The summed E-state index contributed by atoms with van der Waals surface area (Å²) in [5.74, 6) is 1.14. The van der Waals surface area contributed by atoms with Gasteiger partial charge < -0.3 is 19.6 Å². The molecule has 0 atom stereocenters. The summed E-state index contributed by atoms with van der Waals surface area (Å²) in [5.41, 5.74) is 1.63. The largest absolute Gasteiger partial charge is 0.496 e. The van der Waals surface area contributed by atoms with Gasteiger partial charge in [0.2, 0.25) is 0 Å². The van der Waals surface area contributed by atoms with Crippen LogP contribution in [0, 0.1) is 0 Å². The number of amides is 1. The molecular formula is C20H16BrClN2O4S. The molecule has 9 heteroatoms. The van der Waals surface area contributed by atoms with E-state index in [1.54, 1.807) is 48.5 Å². The Balaban J connectivity index is 1.73. The van der Waals surface area contributed by atoms with Gasteiger partial charge in [-0.2, -0.15) is 0 Å². The van der Waals surface area contributed by atoms with Gasteiger partial charge in [0, 0.05) is 16.2 Å². The van der Waals surface area contributed by atoms with Gasteiger partial charge >= 0.3 is 0 Å². The van der Waals surface area contributed by atoms with Crippen molar-refractivity contribution >= 4 is 56.5 Å². The second-order valence-electron chi connectivity index (χ2n) is 5.87. The number of hydrogen-bond donors (Lipinski definition) is 3. The summed E-state index contributed by atoms with van der Waals surface area (Å²) in [4.78, 5) is 12.4. The topological polar surface area (TPSA) is 83.7 Å². The van der Waals surface area contributed by atoms with Gasteiger partial charge in [0.25, 0.3) is 5.91 Å². The smallest absolute Gasteiger partial charge is 0.258 e. The number of carbonyl (C=O) groups is 1. The van der Waals surface area contributed by atoms with Gasteiger partial charge in [-0.1, -0.05) is 27.5 Å². The third-order valence-electron chi connectivity index (χ3n) is 3.94.